The highest BCUT2D eigenvalue weighted by atomic mass is 16.5. The van der Waals surface area contributed by atoms with E-state index in [9.17, 15) is 9.59 Å². The highest BCUT2D eigenvalue weighted by Crippen LogP contribution is 1.77. The zero-order chi connectivity index (χ0) is 7.82. The zero-order valence-corrected chi connectivity index (χ0v) is 5.06. The van der Waals surface area contributed by atoms with Gasteiger partial charge in [-0.3, -0.25) is 4.79 Å². The van der Waals surface area contributed by atoms with Crippen molar-refractivity contribution >= 4 is 12.4 Å². The van der Waals surface area contributed by atoms with Gasteiger partial charge in [0.15, 0.2) is 0 Å². The molecular weight excluding hydrogens is 136 g/mol. The summed E-state index contributed by atoms with van der Waals surface area (Å²) in [7, 11) is 0. The van der Waals surface area contributed by atoms with Gasteiger partial charge in [0, 0.05) is 6.08 Å². The van der Waals surface area contributed by atoms with Crippen LogP contribution in [0.2, 0.25) is 0 Å². The second-order valence-corrected chi connectivity index (χ2v) is 1.26. The number of allylic oxidation sites excluding steroid dienone is 2. The maximum Gasteiger partial charge on any atom is 0.328 e. The van der Waals surface area contributed by atoms with E-state index in [1.54, 1.807) is 0 Å². The first-order valence-corrected chi connectivity index (χ1v) is 2.42. The summed E-state index contributed by atoms with van der Waals surface area (Å²) in [4.78, 5) is 19.3. The molecule has 0 unspecified atom stereocenters. The summed E-state index contributed by atoms with van der Waals surface area (Å²) in [5.41, 5.74) is 0. The van der Waals surface area contributed by atoms with Gasteiger partial charge in [-0.15, -0.1) is 0 Å². The van der Waals surface area contributed by atoms with Gasteiger partial charge in [0.25, 0.3) is 6.47 Å². The van der Waals surface area contributed by atoms with Crippen molar-refractivity contribution in [2.75, 3.05) is 0 Å². The number of hydrogen-bond acceptors (Lipinski definition) is 3. The van der Waals surface area contributed by atoms with Gasteiger partial charge < -0.3 is 9.84 Å². The number of carbonyl (C=O) groups excluding carboxylic acids is 1. The fourth-order valence-electron chi connectivity index (χ4n) is 0.261. The molecule has 0 bridgehead atoms. The first-order chi connectivity index (χ1) is 4.77. The lowest BCUT2D eigenvalue weighted by Gasteiger charge is -1.78. The molecule has 1 N–H and O–H groups in total. The predicted molar refractivity (Wildman–Crippen MR) is 33.1 cm³/mol. The minimum Gasteiger partial charge on any atom is -0.478 e. The second-order valence-electron chi connectivity index (χ2n) is 1.26. The SMILES string of the molecule is O=CO/C=C/C=C\C(=O)O. The fraction of sp³-hybridized carbons (Fsp3) is 0. The molecule has 0 aromatic heterocycles. The van der Waals surface area contributed by atoms with Crippen LogP contribution in [0.5, 0.6) is 0 Å². The van der Waals surface area contributed by atoms with Crippen LogP contribution >= 0.6 is 0 Å². The lowest BCUT2D eigenvalue weighted by atomic mass is 10.5. The number of hydrogen-bond donors (Lipinski definition) is 1. The van der Waals surface area contributed by atoms with E-state index >= 15 is 0 Å². The van der Waals surface area contributed by atoms with Crippen molar-refractivity contribution in [3.8, 4) is 0 Å². The van der Waals surface area contributed by atoms with Gasteiger partial charge in [-0.25, -0.2) is 4.79 Å². The van der Waals surface area contributed by atoms with E-state index in [1.807, 2.05) is 0 Å². The van der Waals surface area contributed by atoms with Gasteiger partial charge in [-0.1, -0.05) is 6.08 Å². The third-order valence-electron chi connectivity index (χ3n) is 0.563. The van der Waals surface area contributed by atoms with Crippen LogP contribution in [0, 0.1) is 0 Å². The maximum atomic E-state index is 9.80. The predicted octanol–water partition coefficient (Wildman–Crippen LogP) is 0.314. The summed E-state index contributed by atoms with van der Waals surface area (Å²) in [5, 5.41) is 8.04. The summed E-state index contributed by atoms with van der Waals surface area (Å²) < 4.78 is 4.11. The van der Waals surface area contributed by atoms with Crippen LogP contribution < -0.4 is 0 Å². The number of carbonyl (C=O) groups is 2. The Hall–Kier alpha value is -1.58. The zero-order valence-electron chi connectivity index (χ0n) is 5.06. The van der Waals surface area contributed by atoms with Crippen molar-refractivity contribution in [1.29, 1.82) is 0 Å². The molecule has 0 aromatic rings. The first kappa shape index (κ1) is 8.42. The van der Waals surface area contributed by atoms with Gasteiger partial charge in [-0.05, 0) is 6.08 Å². The Morgan fingerprint density at radius 1 is 1.40 bits per heavy atom. The Labute approximate surface area is 57.4 Å². The smallest absolute Gasteiger partial charge is 0.328 e. The topological polar surface area (TPSA) is 63.6 Å². The summed E-state index contributed by atoms with van der Waals surface area (Å²) in [6.45, 7) is 0.241. The molecule has 0 aromatic carbocycles. The molecule has 54 valence electrons. The van der Waals surface area contributed by atoms with Gasteiger partial charge >= 0.3 is 5.97 Å². The van der Waals surface area contributed by atoms with Crippen molar-refractivity contribution in [3.05, 3.63) is 24.5 Å². The molecule has 0 spiro atoms. The van der Waals surface area contributed by atoms with E-state index in [4.69, 9.17) is 5.11 Å². The van der Waals surface area contributed by atoms with Crippen LogP contribution in [0.15, 0.2) is 24.5 Å². The quantitative estimate of drug-likeness (QED) is 0.265. The van der Waals surface area contributed by atoms with E-state index in [-0.39, 0.29) is 6.47 Å². The first-order valence-electron chi connectivity index (χ1n) is 2.42. The fourth-order valence-corrected chi connectivity index (χ4v) is 0.261. The summed E-state index contributed by atoms with van der Waals surface area (Å²) in [6, 6.07) is 0. The number of carboxylic acids is 1. The number of carboxylic acid groups (broad SMARTS) is 1. The average molecular weight is 142 g/mol. The molecule has 0 radical (unpaired) electrons. The van der Waals surface area contributed by atoms with Gasteiger partial charge in [0.05, 0.1) is 6.26 Å². The molecule has 0 amide bonds. The molecule has 0 rings (SSSR count). The van der Waals surface area contributed by atoms with Crippen molar-refractivity contribution in [2.45, 2.75) is 0 Å². The second kappa shape index (κ2) is 5.55. The molecule has 0 aliphatic rings. The van der Waals surface area contributed by atoms with Crippen LogP contribution in [0.4, 0.5) is 0 Å². The molecule has 4 heteroatoms. The Morgan fingerprint density at radius 2 is 2.10 bits per heavy atom. The highest BCUT2D eigenvalue weighted by molar-refractivity contribution is 5.80. The summed E-state index contributed by atoms with van der Waals surface area (Å²) in [5.74, 6) is -1.05. The number of rotatable bonds is 4. The van der Waals surface area contributed by atoms with Crippen molar-refractivity contribution < 1.29 is 19.4 Å². The number of aliphatic carboxylic acids is 1. The van der Waals surface area contributed by atoms with E-state index in [1.165, 1.54) is 12.2 Å². The average Bonchev–Trinajstić information content (AvgIpc) is 1.87. The Morgan fingerprint density at radius 3 is 2.60 bits per heavy atom. The Balaban J connectivity index is 3.51. The Bertz CT molecular complexity index is 169. The lowest BCUT2D eigenvalue weighted by molar-refractivity contribution is -0.131. The molecule has 0 fully saturated rings. The molecule has 0 heterocycles. The third-order valence-corrected chi connectivity index (χ3v) is 0.563. The summed E-state index contributed by atoms with van der Waals surface area (Å²) >= 11 is 0. The highest BCUT2D eigenvalue weighted by Gasteiger charge is 1.79. The van der Waals surface area contributed by atoms with Gasteiger partial charge in [0.1, 0.15) is 0 Å². The van der Waals surface area contributed by atoms with E-state index in [2.05, 4.69) is 4.74 Å². The largest absolute Gasteiger partial charge is 0.478 e. The van der Waals surface area contributed by atoms with Crippen LogP contribution in [0.3, 0.4) is 0 Å². The molecule has 4 nitrogen and oxygen atoms in total. The maximum absolute atomic E-state index is 9.80. The molecular formula is C6H6O4. The molecule has 10 heavy (non-hydrogen) atoms. The van der Waals surface area contributed by atoms with E-state index in [0.29, 0.717) is 0 Å². The van der Waals surface area contributed by atoms with Crippen molar-refractivity contribution in [1.82, 2.24) is 0 Å². The Kier molecular flexibility index (Phi) is 4.68. The molecule has 0 saturated heterocycles. The van der Waals surface area contributed by atoms with Gasteiger partial charge in [-0.2, -0.15) is 0 Å². The molecule has 0 aliphatic carbocycles. The van der Waals surface area contributed by atoms with Crippen LogP contribution in [-0.2, 0) is 14.3 Å². The van der Waals surface area contributed by atoms with Crippen molar-refractivity contribution in [3.63, 3.8) is 0 Å². The number of ether oxygens (including phenoxy) is 1. The minimum atomic E-state index is -1.05. The van der Waals surface area contributed by atoms with Gasteiger partial charge in [0.2, 0.25) is 0 Å². The molecule has 0 aliphatic heterocycles. The van der Waals surface area contributed by atoms with Crippen LogP contribution in [-0.4, -0.2) is 17.5 Å². The molecule has 0 atom stereocenters. The van der Waals surface area contributed by atoms with Crippen LogP contribution in [0.1, 0.15) is 0 Å². The third kappa shape index (κ3) is 6.42. The normalized spacial score (nSPS) is 10.4. The van der Waals surface area contributed by atoms with Crippen LogP contribution in [0.25, 0.3) is 0 Å². The summed E-state index contributed by atoms with van der Waals surface area (Å²) in [6.07, 6.45) is 4.53. The van der Waals surface area contributed by atoms with Crippen molar-refractivity contribution in [2.24, 2.45) is 0 Å². The van der Waals surface area contributed by atoms with E-state index in [0.717, 1.165) is 12.3 Å². The standard InChI is InChI=1S/C6H6O4/c7-5-10-4-2-1-3-6(8)9/h1-5H,(H,8,9)/b3-1-,4-2+. The monoisotopic (exact) mass is 142 g/mol. The molecule has 0 saturated carbocycles. The minimum absolute atomic E-state index is 0.241. The van der Waals surface area contributed by atoms with E-state index < -0.39 is 5.97 Å². The lowest BCUT2D eigenvalue weighted by Crippen LogP contribution is -1.84.